The normalized spacial score (nSPS) is 33.3. The van der Waals surface area contributed by atoms with Crippen LogP contribution in [0, 0.1) is 5.41 Å². The van der Waals surface area contributed by atoms with Crippen LogP contribution in [0.5, 0.6) is 0 Å². The van der Waals surface area contributed by atoms with E-state index in [1.165, 1.54) is 0 Å². The number of carbonyl (C=O) groups excluding carboxylic acids is 2. The minimum atomic E-state index is -2.09. The standard InChI is InChI=1S/C25H49N3O5Si2/c1-23(2,3)34(9,10)31-15-18-17(33-35(11,12)24(4,5)6)13-20(32-18)28-19-14-27(8)16-25(19,7)21(29)26-22(28)30/h17-20H,13-16H2,1-12H3,(H,26,29,30)/t17-,18+,19-,20+,25+/m0/s1. The van der Waals surface area contributed by atoms with Gasteiger partial charge in [0.2, 0.25) is 5.91 Å². The van der Waals surface area contributed by atoms with Crippen LogP contribution in [-0.2, 0) is 18.4 Å². The third-order valence-corrected chi connectivity index (χ3v) is 18.3. The second-order valence-corrected chi connectivity index (χ2v) is 23.7. The molecule has 3 saturated heterocycles. The van der Waals surface area contributed by atoms with E-state index >= 15 is 0 Å². The number of hydrogen-bond acceptors (Lipinski definition) is 6. The van der Waals surface area contributed by atoms with E-state index in [1.54, 1.807) is 4.90 Å². The molecule has 0 bridgehead atoms. The Morgan fingerprint density at radius 1 is 1.06 bits per heavy atom. The van der Waals surface area contributed by atoms with Gasteiger partial charge >= 0.3 is 6.03 Å². The van der Waals surface area contributed by atoms with E-state index in [0.29, 0.717) is 26.1 Å². The summed E-state index contributed by atoms with van der Waals surface area (Å²) in [5, 5.41) is 2.74. The van der Waals surface area contributed by atoms with E-state index in [0.717, 1.165) is 0 Å². The monoisotopic (exact) mass is 527 g/mol. The third kappa shape index (κ3) is 5.43. The van der Waals surface area contributed by atoms with Crippen molar-refractivity contribution in [3.05, 3.63) is 0 Å². The molecule has 5 atom stereocenters. The lowest BCUT2D eigenvalue weighted by Crippen LogP contribution is -2.67. The van der Waals surface area contributed by atoms with E-state index in [1.807, 2.05) is 14.0 Å². The van der Waals surface area contributed by atoms with Gasteiger partial charge in [-0.2, -0.15) is 0 Å². The lowest BCUT2D eigenvalue weighted by molar-refractivity contribution is -0.139. The summed E-state index contributed by atoms with van der Waals surface area (Å²) >= 11 is 0. The maximum absolute atomic E-state index is 13.1. The average Bonchev–Trinajstić information content (AvgIpc) is 3.18. The summed E-state index contributed by atoms with van der Waals surface area (Å²) in [5.74, 6) is -0.196. The second kappa shape index (κ2) is 9.20. The van der Waals surface area contributed by atoms with Crippen LogP contribution in [0.15, 0.2) is 0 Å². The van der Waals surface area contributed by atoms with Crippen LogP contribution in [0.25, 0.3) is 0 Å². The molecule has 0 aromatic heterocycles. The number of fused-ring (bicyclic) bond motifs is 1. The summed E-state index contributed by atoms with van der Waals surface area (Å²) in [4.78, 5) is 29.8. The Labute approximate surface area is 214 Å². The molecular weight excluding hydrogens is 478 g/mol. The van der Waals surface area contributed by atoms with Gasteiger partial charge in [0.1, 0.15) is 12.3 Å². The first kappa shape index (κ1) is 28.8. The molecule has 0 spiro atoms. The molecule has 1 N–H and O–H groups in total. The molecule has 0 aromatic carbocycles. The van der Waals surface area contributed by atoms with Gasteiger partial charge in [-0.15, -0.1) is 0 Å². The van der Waals surface area contributed by atoms with Crippen molar-refractivity contribution >= 4 is 28.6 Å². The molecule has 3 aliphatic heterocycles. The van der Waals surface area contributed by atoms with Gasteiger partial charge in [0.15, 0.2) is 16.6 Å². The van der Waals surface area contributed by atoms with Gasteiger partial charge < -0.3 is 18.5 Å². The maximum Gasteiger partial charge on any atom is 0.326 e. The zero-order valence-electron chi connectivity index (χ0n) is 24.1. The van der Waals surface area contributed by atoms with E-state index in [4.69, 9.17) is 13.6 Å². The number of rotatable bonds is 6. The van der Waals surface area contributed by atoms with Gasteiger partial charge in [0.25, 0.3) is 0 Å². The number of imide groups is 1. The lowest BCUT2D eigenvalue weighted by atomic mass is 9.81. The van der Waals surface area contributed by atoms with Gasteiger partial charge in [0, 0.05) is 19.5 Å². The van der Waals surface area contributed by atoms with Crippen LogP contribution in [0.4, 0.5) is 4.79 Å². The fraction of sp³-hybridized carbons (Fsp3) is 0.920. The first-order chi connectivity index (χ1) is 15.7. The third-order valence-electron chi connectivity index (χ3n) is 9.29. The Bertz CT molecular complexity index is 838. The summed E-state index contributed by atoms with van der Waals surface area (Å²) < 4.78 is 20.1. The summed E-state index contributed by atoms with van der Waals surface area (Å²) in [6.45, 7) is 26.0. The van der Waals surface area contributed by atoms with E-state index in [2.05, 4.69) is 77.9 Å². The van der Waals surface area contributed by atoms with E-state index < -0.39 is 28.3 Å². The molecule has 10 heteroatoms. The number of urea groups is 1. The Morgan fingerprint density at radius 2 is 1.63 bits per heavy atom. The predicted octanol–water partition coefficient (Wildman–Crippen LogP) is 4.39. The topological polar surface area (TPSA) is 80.3 Å². The van der Waals surface area contributed by atoms with Crippen molar-refractivity contribution in [3.63, 3.8) is 0 Å². The minimum Gasteiger partial charge on any atom is -0.414 e. The van der Waals surface area contributed by atoms with Crippen molar-refractivity contribution in [2.75, 3.05) is 26.7 Å². The van der Waals surface area contributed by atoms with Crippen LogP contribution in [0.3, 0.4) is 0 Å². The molecule has 0 aliphatic carbocycles. The Kier molecular flexibility index (Phi) is 7.56. The van der Waals surface area contributed by atoms with Crippen molar-refractivity contribution in [2.45, 2.75) is 116 Å². The van der Waals surface area contributed by atoms with Crippen molar-refractivity contribution in [2.24, 2.45) is 5.41 Å². The number of likely N-dealkylation sites (N-methyl/N-ethyl adjacent to an activating group) is 1. The van der Waals surface area contributed by atoms with Crippen molar-refractivity contribution in [1.29, 1.82) is 0 Å². The molecule has 0 aromatic rings. The predicted molar refractivity (Wildman–Crippen MR) is 143 cm³/mol. The maximum atomic E-state index is 13.1. The molecule has 0 radical (unpaired) electrons. The number of ether oxygens (including phenoxy) is 1. The average molecular weight is 528 g/mol. The fourth-order valence-electron chi connectivity index (χ4n) is 4.83. The Hall–Kier alpha value is -0.786. The first-order valence-corrected chi connectivity index (χ1v) is 18.8. The second-order valence-electron chi connectivity index (χ2n) is 14.1. The van der Waals surface area contributed by atoms with E-state index in [9.17, 15) is 9.59 Å². The highest BCUT2D eigenvalue weighted by atomic mass is 28.4. The molecule has 3 amide bonds. The zero-order chi connectivity index (χ0) is 26.8. The summed E-state index contributed by atoms with van der Waals surface area (Å²) in [6, 6.07) is -0.595. The number of nitrogens with zero attached hydrogens (tertiary/aromatic N) is 2. The van der Waals surface area contributed by atoms with Crippen LogP contribution in [0.1, 0.15) is 54.9 Å². The van der Waals surface area contributed by atoms with Crippen molar-refractivity contribution in [3.8, 4) is 0 Å². The fourth-order valence-corrected chi connectivity index (χ4v) is 7.20. The van der Waals surface area contributed by atoms with Crippen LogP contribution < -0.4 is 5.32 Å². The molecule has 3 rings (SSSR count). The number of amides is 3. The highest BCUT2D eigenvalue weighted by Gasteiger charge is 2.58. The van der Waals surface area contributed by atoms with Crippen molar-refractivity contribution < 1.29 is 23.2 Å². The molecule has 8 nitrogen and oxygen atoms in total. The highest BCUT2D eigenvalue weighted by Crippen LogP contribution is 2.44. The molecule has 0 saturated carbocycles. The van der Waals surface area contributed by atoms with Gasteiger partial charge in [-0.05, 0) is 50.2 Å². The minimum absolute atomic E-state index is 0.0532. The van der Waals surface area contributed by atoms with E-state index in [-0.39, 0.29) is 40.3 Å². The Balaban J connectivity index is 1.87. The summed E-state index contributed by atoms with van der Waals surface area (Å²) in [7, 11) is -2.09. The highest BCUT2D eigenvalue weighted by molar-refractivity contribution is 6.74. The van der Waals surface area contributed by atoms with Gasteiger partial charge in [0.05, 0.1) is 24.2 Å². The largest absolute Gasteiger partial charge is 0.414 e. The smallest absolute Gasteiger partial charge is 0.326 e. The van der Waals surface area contributed by atoms with Crippen LogP contribution in [0.2, 0.25) is 36.3 Å². The number of nitrogens with one attached hydrogen (secondary N) is 1. The van der Waals surface area contributed by atoms with Gasteiger partial charge in [-0.1, -0.05) is 41.5 Å². The Morgan fingerprint density at radius 3 is 2.17 bits per heavy atom. The quantitative estimate of drug-likeness (QED) is 0.516. The molecule has 35 heavy (non-hydrogen) atoms. The van der Waals surface area contributed by atoms with Crippen molar-refractivity contribution in [1.82, 2.24) is 15.1 Å². The SMILES string of the molecule is CN1C[C@@H]2N([C@H]3C[C@H](O[Si](C)(C)C(C)(C)C)[C@@H](CO[Si](C)(C)C(C)(C)C)O3)C(=O)NC(=O)[C@]2(C)C1. The number of likely N-dealkylation sites (tertiary alicyclic amines) is 1. The molecule has 0 unspecified atom stereocenters. The molecular formula is C25H49N3O5Si2. The summed E-state index contributed by atoms with van der Waals surface area (Å²) in [6.07, 6.45) is -0.307. The first-order valence-electron chi connectivity index (χ1n) is 13.0. The number of hydrogen-bond donors (Lipinski definition) is 1. The van der Waals surface area contributed by atoms with Crippen LogP contribution in [-0.4, -0.2) is 89.6 Å². The summed E-state index contributed by atoms with van der Waals surface area (Å²) in [5.41, 5.74) is -0.655. The molecule has 3 aliphatic rings. The van der Waals surface area contributed by atoms with Crippen LogP contribution >= 0.6 is 0 Å². The molecule has 3 heterocycles. The lowest BCUT2D eigenvalue weighted by Gasteiger charge is -2.44. The van der Waals surface area contributed by atoms with Gasteiger partial charge in [-0.25, -0.2) is 4.79 Å². The molecule has 202 valence electrons. The zero-order valence-corrected chi connectivity index (χ0v) is 26.1. The van der Waals surface area contributed by atoms with Gasteiger partial charge in [-0.3, -0.25) is 15.0 Å². The molecule has 3 fully saturated rings. The number of carbonyl (C=O) groups is 2.